The van der Waals surface area contributed by atoms with Gasteiger partial charge < -0.3 is 29.4 Å². The highest BCUT2D eigenvalue weighted by atomic mass is 16.6. The Kier molecular flexibility index (Phi) is 3.98. The standard InChI is InChI=1S/C15H19NO5/c17-14-7-16(15(18)19)6-5-13(14)10-1-3-11(4-2-10)20-8-12-9-21-12/h1-4,12-14,17H,5-9H2,(H,18,19)/p-1. The average molecular weight is 292 g/mol. The van der Waals surface area contributed by atoms with E-state index in [0.717, 1.165) is 22.8 Å². The summed E-state index contributed by atoms with van der Waals surface area (Å²) in [5, 5.41) is 20.9. The second kappa shape index (κ2) is 5.91. The Bertz CT molecular complexity index is 499. The van der Waals surface area contributed by atoms with Crippen molar-refractivity contribution >= 4 is 6.09 Å². The van der Waals surface area contributed by atoms with Gasteiger partial charge >= 0.3 is 0 Å². The first-order valence-electron chi connectivity index (χ1n) is 7.12. The second-order valence-corrected chi connectivity index (χ2v) is 5.51. The summed E-state index contributed by atoms with van der Waals surface area (Å²) in [6.07, 6.45) is -1.12. The molecule has 6 nitrogen and oxygen atoms in total. The molecule has 6 heteroatoms. The van der Waals surface area contributed by atoms with Gasteiger partial charge in [0.25, 0.3) is 0 Å². The van der Waals surface area contributed by atoms with Crippen molar-refractivity contribution in [2.75, 3.05) is 26.3 Å². The Labute approximate surface area is 122 Å². The fourth-order valence-electron chi connectivity index (χ4n) is 2.65. The van der Waals surface area contributed by atoms with Crippen LogP contribution in [0.3, 0.4) is 0 Å². The Morgan fingerprint density at radius 1 is 1.43 bits per heavy atom. The monoisotopic (exact) mass is 292 g/mol. The number of piperidine rings is 1. The summed E-state index contributed by atoms with van der Waals surface area (Å²) in [6, 6.07) is 7.59. The minimum Gasteiger partial charge on any atom is -0.530 e. The maximum atomic E-state index is 10.8. The van der Waals surface area contributed by atoms with E-state index in [1.54, 1.807) is 0 Å². The Morgan fingerprint density at radius 2 is 2.14 bits per heavy atom. The molecule has 1 amide bonds. The first-order chi connectivity index (χ1) is 10.1. The Morgan fingerprint density at radius 3 is 2.71 bits per heavy atom. The van der Waals surface area contributed by atoms with Crippen molar-refractivity contribution in [3.63, 3.8) is 0 Å². The number of carbonyl (C=O) groups excluding carboxylic acids is 1. The van der Waals surface area contributed by atoms with Crippen LogP contribution < -0.4 is 9.84 Å². The molecule has 2 aliphatic rings. The third kappa shape index (κ3) is 3.46. The molecule has 2 heterocycles. The lowest BCUT2D eigenvalue weighted by Crippen LogP contribution is -2.50. The van der Waals surface area contributed by atoms with Crippen molar-refractivity contribution in [3.05, 3.63) is 29.8 Å². The lowest BCUT2D eigenvalue weighted by atomic mass is 9.87. The van der Waals surface area contributed by atoms with Gasteiger partial charge in [-0.25, -0.2) is 0 Å². The minimum atomic E-state index is -1.22. The van der Waals surface area contributed by atoms with Gasteiger partial charge in [-0.05, 0) is 24.1 Å². The lowest BCUT2D eigenvalue weighted by molar-refractivity contribution is -0.268. The molecule has 3 unspecified atom stereocenters. The molecule has 1 N–H and O–H groups in total. The predicted octanol–water partition coefficient (Wildman–Crippen LogP) is -0.0423. The van der Waals surface area contributed by atoms with Crippen LogP contribution in [0.1, 0.15) is 17.9 Å². The number of aliphatic hydroxyl groups is 1. The molecule has 2 fully saturated rings. The summed E-state index contributed by atoms with van der Waals surface area (Å²) < 4.78 is 10.6. The number of rotatable bonds is 4. The number of benzene rings is 1. The van der Waals surface area contributed by atoms with Gasteiger partial charge in [0, 0.05) is 19.0 Å². The van der Waals surface area contributed by atoms with Crippen LogP contribution in [0.25, 0.3) is 0 Å². The smallest absolute Gasteiger partial charge is 0.137 e. The molecule has 1 aromatic carbocycles. The maximum absolute atomic E-state index is 10.8. The summed E-state index contributed by atoms with van der Waals surface area (Å²) in [7, 11) is 0. The molecule has 0 aromatic heterocycles. The number of carboxylic acid groups (broad SMARTS) is 1. The highest BCUT2D eigenvalue weighted by molar-refractivity contribution is 5.62. The quantitative estimate of drug-likeness (QED) is 0.787. The van der Waals surface area contributed by atoms with E-state index in [9.17, 15) is 15.0 Å². The molecule has 114 valence electrons. The SMILES string of the molecule is O=C([O-])N1CCC(c2ccc(OCC3CO3)cc2)C(O)C1. The number of carbonyl (C=O) groups is 1. The van der Waals surface area contributed by atoms with E-state index in [4.69, 9.17) is 9.47 Å². The number of epoxide rings is 1. The zero-order valence-electron chi connectivity index (χ0n) is 11.6. The van der Waals surface area contributed by atoms with Crippen LogP contribution >= 0.6 is 0 Å². The van der Waals surface area contributed by atoms with E-state index in [2.05, 4.69) is 0 Å². The van der Waals surface area contributed by atoms with Gasteiger partial charge in [-0.1, -0.05) is 12.1 Å². The zero-order chi connectivity index (χ0) is 14.8. The van der Waals surface area contributed by atoms with Gasteiger partial charge in [0.15, 0.2) is 0 Å². The number of β-amino-alcohol motifs (C(OH)–C–C–N with tert-alkyl or cyclic N) is 1. The van der Waals surface area contributed by atoms with Crippen LogP contribution in [0, 0.1) is 0 Å². The van der Waals surface area contributed by atoms with Gasteiger partial charge in [0.2, 0.25) is 0 Å². The van der Waals surface area contributed by atoms with Crippen molar-refractivity contribution in [1.29, 1.82) is 0 Å². The van der Waals surface area contributed by atoms with Crippen LogP contribution in [0.2, 0.25) is 0 Å². The van der Waals surface area contributed by atoms with E-state index >= 15 is 0 Å². The normalized spacial score (nSPS) is 28.2. The van der Waals surface area contributed by atoms with Crippen LogP contribution in [-0.2, 0) is 4.74 Å². The topological polar surface area (TPSA) is 85.4 Å². The van der Waals surface area contributed by atoms with Gasteiger partial charge in [0.1, 0.15) is 24.6 Å². The maximum Gasteiger partial charge on any atom is 0.137 e. The minimum absolute atomic E-state index is 0.0542. The van der Waals surface area contributed by atoms with E-state index in [0.29, 0.717) is 19.6 Å². The fourth-order valence-corrected chi connectivity index (χ4v) is 2.65. The first-order valence-corrected chi connectivity index (χ1v) is 7.12. The molecule has 21 heavy (non-hydrogen) atoms. The molecular formula is C15H18NO5-. The predicted molar refractivity (Wildman–Crippen MR) is 72.0 cm³/mol. The van der Waals surface area contributed by atoms with Crippen LogP contribution in [0.4, 0.5) is 4.79 Å². The molecule has 0 aliphatic carbocycles. The van der Waals surface area contributed by atoms with E-state index in [-0.39, 0.29) is 18.6 Å². The average Bonchev–Trinajstić information content (AvgIpc) is 3.30. The molecule has 3 rings (SSSR count). The number of ether oxygens (including phenoxy) is 2. The third-order valence-corrected chi connectivity index (χ3v) is 3.99. The Balaban J connectivity index is 1.59. The molecule has 0 saturated carbocycles. The molecule has 3 atom stereocenters. The van der Waals surface area contributed by atoms with Crippen LogP contribution in [0.15, 0.2) is 24.3 Å². The van der Waals surface area contributed by atoms with Crippen molar-refractivity contribution in [1.82, 2.24) is 4.90 Å². The van der Waals surface area contributed by atoms with Gasteiger partial charge in [-0.2, -0.15) is 0 Å². The largest absolute Gasteiger partial charge is 0.530 e. The highest BCUT2D eigenvalue weighted by Crippen LogP contribution is 2.29. The van der Waals surface area contributed by atoms with Crippen LogP contribution in [-0.4, -0.2) is 54.6 Å². The van der Waals surface area contributed by atoms with Gasteiger partial charge in [-0.3, -0.25) is 0 Å². The van der Waals surface area contributed by atoms with Crippen molar-refractivity contribution in [3.8, 4) is 5.75 Å². The van der Waals surface area contributed by atoms with Gasteiger partial charge in [-0.15, -0.1) is 0 Å². The number of hydrogen-bond acceptors (Lipinski definition) is 5. The van der Waals surface area contributed by atoms with E-state index in [1.807, 2.05) is 24.3 Å². The number of likely N-dealkylation sites (tertiary alicyclic amines) is 1. The first kappa shape index (κ1) is 14.2. The lowest BCUT2D eigenvalue weighted by Gasteiger charge is -2.37. The van der Waals surface area contributed by atoms with Crippen molar-refractivity contribution in [2.24, 2.45) is 0 Å². The van der Waals surface area contributed by atoms with E-state index < -0.39 is 12.2 Å². The van der Waals surface area contributed by atoms with Gasteiger partial charge in [0.05, 0.1) is 12.7 Å². The molecule has 2 aliphatic heterocycles. The summed E-state index contributed by atoms with van der Waals surface area (Å²) in [6.45, 7) is 1.82. The number of hydrogen-bond donors (Lipinski definition) is 1. The van der Waals surface area contributed by atoms with Crippen molar-refractivity contribution < 1.29 is 24.5 Å². The number of amides is 1. The third-order valence-electron chi connectivity index (χ3n) is 3.99. The highest BCUT2D eigenvalue weighted by Gasteiger charge is 2.29. The molecule has 0 spiro atoms. The molecule has 0 bridgehead atoms. The Hall–Kier alpha value is -1.79. The zero-order valence-corrected chi connectivity index (χ0v) is 11.6. The number of aliphatic hydroxyl groups excluding tert-OH is 1. The number of nitrogens with zero attached hydrogens (tertiary/aromatic N) is 1. The summed E-state index contributed by atoms with van der Waals surface area (Å²) >= 11 is 0. The second-order valence-electron chi connectivity index (χ2n) is 5.51. The summed E-state index contributed by atoms with van der Waals surface area (Å²) in [5.74, 6) is 0.720. The molecule has 1 aromatic rings. The molecular weight excluding hydrogens is 274 g/mol. The van der Waals surface area contributed by atoms with Crippen LogP contribution in [0.5, 0.6) is 5.75 Å². The van der Waals surface area contributed by atoms with E-state index in [1.165, 1.54) is 0 Å². The molecule has 2 saturated heterocycles. The fraction of sp³-hybridized carbons (Fsp3) is 0.533. The summed E-state index contributed by atoms with van der Waals surface area (Å²) in [4.78, 5) is 11.9. The van der Waals surface area contributed by atoms with Crippen molar-refractivity contribution in [2.45, 2.75) is 24.5 Å². The molecule has 0 radical (unpaired) electrons. The summed E-state index contributed by atoms with van der Waals surface area (Å²) in [5.41, 5.74) is 0.996.